The maximum absolute atomic E-state index is 4.53. The molecule has 0 spiro atoms. The summed E-state index contributed by atoms with van der Waals surface area (Å²) in [5.41, 5.74) is 3.45. The van der Waals surface area contributed by atoms with E-state index in [1.54, 1.807) is 11.3 Å². The van der Waals surface area contributed by atoms with Crippen molar-refractivity contribution >= 4 is 17.0 Å². The quantitative estimate of drug-likeness (QED) is 0.890. The normalized spacial score (nSPS) is 19.1. The van der Waals surface area contributed by atoms with Crippen LogP contribution in [0, 0.1) is 6.92 Å². The van der Waals surface area contributed by atoms with E-state index in [9.17, 15) is 0 Å². The third kappa shape index (κ3) is 2.54. The average molecular weight is 259 g/mol. The zero-order valence-corrected chi connectivity index (χ0v) is 11.3. The molecule has 2 heterocycles. The largest absolute Gasteiger partial charge is 0.381 e. The highest BCUT2D eigenvalue weighted by atomic mass is 32.1. The van der Waals surface area contributed by atoms with Crippen LogP contribution in [0.1, 0.15) is 11.4 Å². The summed E-state index contributed by atoms with van der Waals surface area (Å²) in [6, 6.07) is 9.08. The van der Waals surface area contributed by atoms with Gasteiger partial charge < -0.3 is 10.6 Å². The van der Waals surface area contributed by atoms with Gasteiger partial charge in [-0.3, -0.25) is 0 Å². The van der Waals surface area contributed by atoms with Crippen molar-refractivity contribution in [2.75, 3.05) is 18.4 Å². The Bertz CT molecular complexity index is 529. The van der Waals surface area contributed by atoms with Gasteiger partial charge in [-0.2, -0.15) is 0 Å². The van der Waals surface area contributed by atoms with Gasteiger partial charge in [0.1, 0.15) is 0 Å². The van der Waals surface area contributed by atoms with E-state index in [1.165, 1.54) is 17.7 Å². The molecule has 3 nitrogen and oxygen atoms in total. The lowest BCUT2D eigenvalue weighted by Gasteiger charge is -2.13. The molecule has 18 heavy (non-hydrogen) atoms. The molecule has 0 amide bonds. The molecule has 3 rings (SSSR count). The standard InChI is InChI=1S/C14H17N3S/c1-10-16-14(9-18-10)11-3-2-4-12(7-11)17-13-5-6-15-8-13/h2-4,7,9,13,15,17H,5-6,8H2,1H3. The summed E-state index contributed by atoms with van der Waals surface area (Å²) in [6.07, 6.45) is 1.19. The fraction of sp³-hybridized carbons (Fsp3) is 0.357. The van der Waals surface area contributed by atoms with Crippen molar-refractivity contribution in [2.24, 2.45) is 0 Å². The third-order valence-corrected chi connectivity index (χ3v) is 3.98. The maximum atomic E-state index is 4.53. The molecule has 2 N–H and O–H groups in total. The van der Waals surface area contributed by atoms with Crippen LogP contribution >= 0.6 is 11.3 Å². The Morgan fingerprint density at radius 2 is 2.39 bits per heavy atom. The second-order valence-electron chi connectivity index (χ2n) is 4.67. The van der Waals surface area contributed by atoms with Crippen LogP contribution in [0.3, 0.4) is 0 Å². The topological polar surface area (TPSA) is 37.0 Å². The van der Waals surface area contributed by atoms with Crippen LogP contribution in [0.2, 0.25) is 0 Å². The smallest absolute Gasteiger partial charge is 0.0901 e. The minimum Gasteiger partial charge on any atom is -0.381 e. The number of hydrogen-bond donors (Lipinski definition) is 2. The Morgan fingerprint density at radius 3 is 3.11 bits per heavy atom. The SMILES string of the molecule is Cc1nc(-c2cccc(NC3CCNC3)c2)cs1. The van der Waals surface area contributed by atoms with Crippen molar-refractivity contribution in [3.8, 4) is 11.3 Å². The summed E-state index contributed by atoms with van der Waals surface area (Å²) in [4.78, 5) is 4.53. The summed E-state index contributed by atoms with van der Waals surface area (Å²) in [6.45, 7) is 4.21. The lowest BCUT2D eigenvalue weighted by atomic mass is 10.1. The molecule has 0 aliphatic carbocycles. The highest BCUT2D eigenvalue weighted by Crippen LogP contribution is 2.24. The van der Waals surface area contributed by atoms with Gasteiger partial charge in [-0.15, -0.1) is 11.3 Å². The summed E-state index contributed by atoms with van der Waals surface area (Å²) in [5, 5.41) is 10.2. The van der Waals surface area contributed by atoms with Gasteiger partial charge in [-0.05, 0) is 32.0 Å². The number of thiazole rings is 1. The van der Waals surface area contributed by atoms with E-state index in [4.69, 9.17) is 0 Å². The van der Waals surface area contributed by atoms with Gasteiger partial charge in [-0.1, -0.05) is 12.1 Å². The van der Waals surface area contributed by atoms with Gasteiger partial charge in [0, 0.05) is 29.2 Å². The molecule has 1 unspecified atom stereocenters. The first-order valence-corrected chi connectivity index (χ1v) is 7.19. The summed E-state index contributed by atoms with van der Waals surface area (Å²) in [7, 11) is 0. The van der Waals surface area contributed by atoms with Crippen LogP contribution in [0.5, 0.6) is 0 Å². The summed E-state index contributed by atoms with van der Waals surface area (Å²) in [5.74, 6) is 0. The first kappa shape index (κ1) is 11.7. The van der Waals surface area contributed by atoms with Crippen molar-refractivity contribution in [2.45, 2.75) is 19.4 Å². The molecule has 1 aromatic heterocycles. The van der Waals surface area contributed by atoms with E-state index in [-0.39, 0.29) is 0 Å². The Hall–Kier alpha value is -1.39. The number of anilines is 1. The third-order valence-electron chi connectivity index (χ3n) is 3.21. The molecule has 94 valence electrons. The lowest BCUT2D eigenvalue weighted by molar-refractivity contribution is 0.793. The molecule has 1 aromatic carbocycles. The predicted molar refractivity (Wildman–Crippen MR) is 77.2 cm³/mol. The Balaban J connectivity index is 1.80. The van der Waals surface area contributed by atoms with Gasteiger partial charge in [0.05, 0.1) is 10.7 Å². The van der Waals surface area contributed by atoms with Crippen molar-refractivity contribution in [1.29, 1.82) is 0 Å². The molecule has 1 atom stereocenters. The van der Waals surface area contributed by atoms with E-state index in [0.717, 1.165) is 23.8 Å². The molecular formula is C14H17N3S. The molecule has 1 aliphatic rings. The Labute approximate surface area is 111 Å². The van der Waals surface area contributed by atoms with Crippen molar-refractivity contribution in [3.05, 3.63) is 34.7 Å². The Morgan fingerprint density at radius 1 is 1.44 bits per heavy atom. The highest BCUT2D eigenvalue weighted by Gasteiger charge is 2.13. The first-order chi connectivity index (χ1) is 8.81. The van der Waals surface area contributed by atoms with E-state index >= 15 is 0 Å². The Kier molecular flexibility index (Phi) is 3.30. The second kappa shape index (κ2) is 5.08. The molecule has 0 saturated carbocycles. The van der Waals surface area contributed by atoms with Crippen molar-refractivity contribution in [3.63, 3.8) is 0 Å². The van der Waals surface area contributed by atoms with Crippen LogP contribution in [0.25, 0.3) is 11.3 Å². The van der Waals surface area contributed by atoms with Gasteiger partial charge in [0.2, 0.25) is 0 Å². The van der Waals surface area contributed by atoms with Gasteiger partial charge in [-0.25, -0.2) is 4.98 Å². The first-order valence-electron chi connectivity index (χ1n) is 6.31. The fourth-order valence-corrected chi connectivity index (χ4v) is 2.90. The lowest BCUT2D eigenvalue weighted by Crippen LogP contribution is -2.21. The van der Waals surface area contributed by atoms with Crippen molar-refractivity contribution in [1.82, 2.24) is 10.3 Å². The van der Waals surface area contributed by atoms with Crippen molar-refractivity contribution < 1.29 is 0 Å². The van der Waals surface area contributed by atoms with E-state index in [1.807, 2.05) is 6.92 Å². The van der Waals surface area contributed by atoms with Crippen LogP contribution < -0.4 is 10.6 Å². The minimum absolute atomic E-state index is 0.553. The van der Waals surface area contributed by atoms with Crippen LogP contribution in [0.15, 0.2) is 29.6 Å². The number of nitrogens with one attached hydrogen (secondary N) is 2. The number of aromatic nitrogens is 1. The highest BCUT2D eigenvalue weighted by molar-refractivity contribution is 7.09. The van der Waals surface area contributed by atoms with Crippen LogP contribution in [0.4, 0.5) is 5.69 Å². The summed E-state index contributed by atoms with van der Waals surface area (Å²) < 4.78 is 0. The van der Waals surface area contributed by atoms with Crippen LogP contribution in [-0.2, 0) is 0 Å². The number of nitrogens with zero attached hydrogens (tertiary/aromatic N) is 1. The van der Waals surface area contributed by atoms with Gasteiger partial charge in [0.25, 0.3) is 0 Å². The second-order valence-corrected chi connectivity index (χ2v) is 5.73. The molecule has 1 fully saturated rings. The number of benzene rings is 1. The number of aryl methyl sites for hydroxylation is 1. The zero-order valence-electron chi connectivity index (χ0n) is 10.4. The molecule has 1 aliphatic heterocycles. The van der Waals surface area contributed by atoms with E-state index < -0.39 is 0 Å². The van der Waals surface area contributed by atoms with E-state index in [2.05, 4.69) is 45.3 Å². The van der Waals surface area contributed by atoms with Gasteiger partial charge in [0.15, 0.2) is 0 Å². The minimum atomic E-state index is 0.553. The zero-order chi connectivity index (χ0) is 12.4. The monoisotopic (exact) mass is 259 g/mol. The molecule has 0 radical (unpaired) electrons. The predicted octanol–water partition coefficient (Wildman–Crippen LogP) is 2.89. The van der Waals surface area contributed by atoms with Crippen LogP contribution in [-0.4, -0.2) is 24.1 Å². The molecular weight excluding hydrogens is 242 g/mol. The number of hydrogen-bond acceptors (Lipinski definition) is 4. The molecule has 1 saturated heterocycles. The number of rotatable bonds is 3. The van der Waals surface area contributed by atoms with E-state index in [0.29, 0.717) is 6.04 Å². The average Bonchev–Trinajstić information content (AvgIpc) is 3.01. The fourth-order valence-electron chi connectivity index (χ4n) is 2.28. The van der Waals surface area contributed by atoms with Gasteiger partial charge >= 0.3 is 0 Å². The maximum Gasteiger partial charge on any atom is 0.0901 e. The molecule has 2 aromatic rings. The summed E-state index contributed by atoms with van der Waals surface area (Å²) >= 11 is 1.70. The molecule has 4 heteroatoms. The molecule has 0 bridgehead atoms.